The molecule has 1 aromatic carbocycles. The van der Waals surface area contributed by atoms with Crippen molar-refractivity contribution in [3.63, 3.8) is 0 Å². The van der Waals surface area contributed by atoms with Crippen LogP contribution >= 0.6 is 22.6 Å². The summed E-state index contributed by atoms with van der Waals surface area (Å²) < 4.78 is 10.7. The van der Waals surface area contributed by atoms with E-state index in [1.165, 1.54) is 13.2 Å². The molecule has 1 atom stereocenters. The molecule has 1 rings (SSSR count). The van der Waals surface area contributed by atoms with Crippen LogP contribution in [0.2, 0.25) is 0 Å². The van der Waals surface area contributed by atoms with Gasteiger partial charge in [0.2, 0.25) is 6.04 Å². The van der Waals surface area contributed by atoms with E-state index in [0.717, 1.165) is 3.57 Å². The Labute approximate surface area is 130 Å². The monoisotopic (exact) mass is 388 g/mol. The molecule has 0 aliphatic heterocycles. The molecule has 0 saturated carbocycles. The van der Waals surface area contributed by atoms with Crippen LogP contribution < -0.4 is 10.1 Å². The normalized spacial score (nSPS) is 11.1. The average Bonchev–Trinajstić information content (AvgIpc) is 2.45. The lowest BCUT2D eigenvalue weighted by Crippen LogP contribution is -2.40. The van der Waals surface area contributed by atoms with Crippen molar-refractivity contribution in [2.24, 2.45) is 0 Å². The predicted molar refractivity (Wildman–Crippen MR) is 79.2 cm³/mol. The Morgan fingerprint density at radius 2 is 2.20 bits per heavy atom. The fourth-order valence-electron chi connectivity index (χ4n) is 1.38. The lowest BCUT2D eigenvalue weighted by molar-refractivity contribution is -0.143. The number of rotatable bonds is 5. The number of methoxy groups -OCH3 is 1. The van der Waals surface area contributed by atoms with E-state index in [-0.39, 0.29) is 6.61 Å². The highest BCUT2D eigenvalue weighted by atomic mass is 127. The molecule has 7 heteroatoms. The topological polar surface area (TPSA) is 88.4 Å². The smallest absolute Gasteiger partial charge is 0.343 e. The minimum Gasteiger partial charge on any atom is -0.496 e. The maximum Gasteiger partial charge on any atom is 0.343 e. The van der Waals surface area contributed by atoms with Crippen LogP contribution in [0.1, 0.15) is 17.3 Å². The van der Waals surface area contributed by atoms with Gasteiger partial charge in [-0.15, -0.1) is 0 Å². The first-order valence-corrected chi connectivity index (χ1v) is 6.82. The van der Waals surface area contributed by atoms with Gasteiger partial charge in [0.1, 0.15) is 5.75 Å². The molecule has 1 unspecified atom stereocenters. The van der Waals surface area contributed by atoms with E-state index in [4.69, 9.17) is 14.7 Å². The van der Waals surface area contributed by atoms with Crippen molar-refractivity contribution in [2.45, 2.75) is 13.0 Å². The Balaban J connectivity index is 2.85. The maximum absolute atomic E-state index is 12.0. The molecule has 0 bridgehead atoms. The van der Waals surface area contributed by atoms with Gasteiger partial charge in [0.25, 0.3) is 5.91 Å². The minimum atomic E-state index is -1.33. The zero-order valence-corrected chi connectivity index (χ0v) is 13.1. The Morgan fingerprint density at radius 3 is 2.75 bits per heavy atom. The van der Waals surface area contributed by atoms with Gasteiger partial charge in [0.15, 0.2) is 0 Å². The van der Waals surface area contributed by atoms with Crippen LogP contribution in [0.3, 0.4) is 0 Å². The van der Waals surface area contributed by atoms with Crippen molar-refractivity contribution < 1.29 is 19.1 Å². The molecule has 0 aromatic heterocycles. The first kappa shape index (κ1) is 16.2. The van der Waals surface area contributed by atoms with Crippen LogP contribution in [0.5, 0.6) is 5.75 Å². The quantitative estimate of drug-likeness (QED) is 0.610. The van der Waals surface area contributed by atoms with Crippen molar-refractivity contribution >= 4 is 34.5 Å². The van der Waals surface area contributed by atoms with E-state index in [9.17, 15) is 9.59 Å². The number of esters is 1. The molecule has 1 N–H and O–H groups in total. The van der Waals surface area contributed by atoms with Crippen molar-refractivity contribution in [3.8, 4) is 11.8 Å². The number of hydrogen-bond acceptors (Lipinski definition) is 5. The fourth-order valence-corrected chi connectivity index (χ4v) is 1.94. The van der Waals surface area contributed by atoms with Gasteiger partial charge in [-0.2, -0.15) is 5.26 Å². The molecule has 106 valence electrons. The molecule has 0 spiro atoms. The standard InChI is InChI=1S/C13H13IN2O4/c1-3-20-13(18)10(7-15)16-12(17)8-4-5-9(14)11(6-8)19-2/h4-6,10H,3H2,1-2H3,(H,16,17). The number of hydrogen-bond donors (Lipinski definition) is 1. The summed E-state index contributed by atoms with van der Waals surface area (Å²) in [6, 6.07) is 5.19. The molecule has 1 amide bonds. The average molecular weight is 388 g/mol. The number of ether oxygens (including phenoxy) is 2. The summed E-state index contributed by atoms with van der Waals surface area (Å²) in [4.78, 5) is 23.4. The largest absolute Gasteiger partial charge is 0.496 e. The summed E-state index contributed by atoms with van der Waals surface area (Å²) in [5, 5.41) is 11.2. The lowest BCUT2D eigenvalue weighted by Gasteiger charge is -2.11. The third kappa shape index (κ3) is 4.09. The fraction of sp³-hybridized carbons (Fsp3) is 0.308. The molecule has 0 heterocycles. The molecule has 1 aromatic rings. The van der Waals surface area contributed by atoms with Crippen LogP contribution in [-0.4, -0.2) is 31.6 Å². The van der Waals surface area contributed by atoms with Crippen molar-refractivity contribution in [1.82, 2.24) is 5.32 Å². The van der Waals surface area contributed by atoms with Gasteiger partial charge in [-0.3, -0.25) is 4.79 Å². The number of nitrogens with zero attached hydrogens (tertiary/aromatic N) is 1. The second kappa shape index (κ2) is 7.69. The van der Waals surface area contributed by atoms with Crippen LogP contribution in [0.25, 0.3) is 0 Å². The van der Waals surface area contributed by atoms with E-state index in [0.29, 0.717) is 11.3 Å². The molecular weight excluding hydrogens is 375 g/mol. The molecule has 0 saturated heterocycles. The van der Waals surface area contributed by atoms with Gasteiger partial charge >= 0.3 is 5.97 Å². The first-order valence-electron chi connectivity index (χ1n) is 5.74. The number of halogens is 1. The van der Waals surface area contributed by atoms with E-state index < -0.39 is 17.9 Å². The van der Waals surface area contributed by atoms with E-state index in [2.05, 4.69) is 27.9 Å². The third-order valence-corrected chi connectivity index (χ3v) is 3.23. The van der Waals surface area contributed by atoms with Crippen LogP contribution in [-0.2, 0) is 9.53 Å². The van der Waals surface area contributed by atoms with Crippen LogP contribution in [0, 0.1) is 14.9 Å². The number of carbonyl (C=O) groups is 2. The molecule has 0 aliphatic rings. The second-order valence-corrected chi connectivity index (χ2v) is 4.80. The highest BCUT2D eigenvalue weighted by Gasteiger charge is 2.22. The Morgan fingerprint density at radius 1 is 1.50 bits per heavy atom. The summed E-state index contributed by atoms with van der Waals surface area (Å²) in [6.45, 7) is 1.77. The summed E-state index contributed by atoms with van der Waals surface area (Å²) in [7, 11) is 1.50. The number of amides is 1. The van der Waals surface area contributed by atoms with Crippen molar-refractivity contribution in [2.75, 3.05) is 13.7 Å². The molecule has 6 nitrogen and oxygen atoms in total. The predicted octanol–water partition coefficient (Wildman–Crippen LogP) is 1.48. The van der Waals surface area contributed by atoms with E-state index in [1.807, 2.05) is 0 Å². The zero-order chi connectivity index (χ0) is 15.1. The van der Waals surface area contributed by atoms with Crippen LogP contribution in [0.4, 0.5) is 0 Å². The molecular formula is C13H13IN2O4. The summed E-state index contributed by atoms with van der Waals surface area (Å²) >= 11 is 2.07. The highest BCUT2D eigenvalue weighted by molar-refractivity contribution is 14.1. The third-order valence-electron chi connectivity index (χ3n) is 2.34. The van der Waals surface area contributed by atoms with Gasteiger partial charge in [0.05, 0.1) is 23.4 Å². The molecule has 20 heavy (non-hydrogen) atoms. The first-order chi connectivity index (χ1) is 9.53. The van der Waals surface area contributed by atoms with E-state index >= 15 is 0 Å². The lowest BCUT2D eigenvalue weighted by atomic mass is 10.2. The highest BCUT2D eigenvalue weighted by Crippen LogP contribution is 2.21. The van der Waals surface area contributed by atoms with Gasteiger partial charge < -0.3 is 14.8 Å². The second-order valence-electron chi connectivity index (χ2n) is 3.64. The van der Waals surface area contributed by atoms with Gasteiger partial charge in [0, 0.05) is 5.56 Å². The number of nitriles is 1. The van der Waals surface area contributed by atoms with Crippen molar-refractivity contribution in [1.29, 1.82) is 5.26 Å². The Bertz CT molecular complexity index is 554. The SMILES string of the molecule is CCOC(=O)C(C#N)NC(=O)c1ccc(I)c(OC)c1. The van der Waals surface area contributed by atoms with Gasteiger partial charge in [-0.25, -0.2) is 4.79 Å². The van der Waals surface area contributed by atoms with Crippen LogP contribution in [0.15, 0.2) is 18.2 Å². The van der Waals surface area contributed by atoms with Gasteiger partial charge in [-0.05, 0) is 47.7 Å². The molecule has 0 aliphatic carbocycles. The summed E-state index contributed by atoms with van der Waals surface area (Å²) in [5.74, 6) is -0.775. The maximum atomic E-state index is 12.0. The Kier molecular flexibility index (Phi) is 6.24. The minimum absolute atomic E-state index is 0.143. The number of nitrogens with one attached hydrogen (secondary N) is 1. The molecule has 0 fully saturated rings. The summed E-state index contributed by atoms with van der Waals surface area (Å²) in [6.07, 6.45) is 0. The zero-order valence-electron chi connectivity index (χ0n) is 11.0. The number of carbonyl (C=O) groups excluding carboxylic acids is 2. The molecule has 0 radical (unpaired) electrons. The summed E-state index contributed by atoms with van der Waals surface area (Å²) in [5.41, 5.74) is 0.298. The number of benzene rings is 1. The van der Waals surface area contributed by atoms with Crippen molar-refractivity contribution in [3.05, 3.63) is 27.3 Å². The van der Waals surface area contributed by atoms with Gasteiger partial charge in [-0.1, -0.05) is 0 Å². The Hall–Kier alpha value is -1.82. The van der Waals surface area contributed by atoms with E-state index in [1.54, 1.807) is 25.1 Å².